The van der Waals surface area contributed by atoms with Gasteiger partial charge in [-0.25, -0.2) is 0 Å². The summed E-state index contributed by atoms with van der Waals surface area (Å²) < 4.78 is 4.97. The molecule has 0 bridgehead atoms. The van der Waals surface area contributed by atoms with Crippen molar-refractivity contribution in [2.24, 2.45) is 0 Å². The van der Waals surface area contributed by atoms with Gasteiger partial charge >= 0.3 is 5.97 Å². The Morgan fingerprint density at radius 2 is 2.00 bits per heavy atom. The number of thiol groups is 1. The van der Waals surface area contributed by atoms with Crippen molar-refractivity contribution in [2.75, 3.05) is 11.5 Å². The second kappa shape index (κ2) is 4.77. The van der Waals surface area contributed by atoms with Gasteiger partial charge in [0.15, 0.2) is 0 Å². The molecule has 0 aliphatic carbocycles. The Bertz CT molecular complexity index is 284. The summed E-state index contributed by atoms with van der Waals surface area (Å²) in [5.41, 5.74) is 6.11. The topological polar surface area (TPSA) is 52.3 Å². The number of nitrogen functional groups attached to an aromatic ring is 1. The van der Waals surface area contributed by atoms with Gasteiger partial charge in [0.05, 0.1) is 6.42 Å². The van der Waals surface area contributed by atoms with Crippen LogP contribution >= 0.6 is 12.6 Å². The van der Waals surface area contributed by atoms with Crippen molar-refractivity contribution < 1.29 is 9.53 Å². The van der Waals surface area contributed by atoms with Crippen LogP contribution in [0, 0.1) is 0 Å². The molecule has 1 aromatic rings. The monoisotopic (exact) mass is 197 g/mol. The molecule has 0 aliphatic heterocycles. The largest absolute Gasteiger partial charge is 0.427 e. The molecule has 0 saturated heterocycles. The van der Waals surface area contributed by atoms with E-state index in [0.717, 1.165) is 0 Å². The van der Waals surface area contributed by atoms with Crippen LogP contribution in [0.1, 0.15) is 6.42 Å². The quantitative estimate of drug-likeness (QED) is 0.334. The Hall–Kier alpha value is -1.16. The van der Waals surface area contributed by atoms with E-state index in [2.05, 4.69) is 12.6 Å². The van der Waals surface area contributed by atoms with Gasteiger partial charge in [0, 0.05) is 11.4 Å². The second-order valence-electron chi connectivity index (χ2n) is 2.52. The molecule has 13 heavy (non-hydrogen) atoms. The number of nitrogens with two attached hydrogens (primary N) is 1. The molecule has 3 nitrogen and oxygen atoms in total. The van der Waals surface area contributed by atoms with Crippen LogP contribution in [-0.2, 0) is 4.79 Å². The van der Waals surface area contributed by atoms with Gasteiger partial charge in [0.25, 0.3) is 0 Å². The highest BCUT2D eigenvalue weighted by Crippen LogP contribution is 2.13. The summed E-state index contributed by atoms with van der Waals surface area (Å²) in [5.74, 6) is 0.731. The molecule has 70 valence electrons. The van der Waals surface area contributed by atoms with E-state index < -0.39 is 0 Å². The van der Waals surface area contributed by atoms with Gasteiger partial charge in [-0.1, -0.05) is 0 Å². The molecule has 1 rings (SSSR count). The smallest absolute Gasteiger partial charge is 0.312 e. The summed E-state index contributed by atoms with van der Waals surface area (Å²) in [5, 5.41) is 0. The maximum atomic E-state index is 11.0. The summed E-state index contributed by atoms with van der Waals surface area (Å²) >= 11 is 3.92. The number of hydrogen-bond acceptors (Lipinski definition) is 4. The van der Waals surface area contributed by atoms with Crippen molar-refractivity contribution in [1.82, 2.24) is 0 Å². The fourth-order valence-electron chi connectivity index (χ4n) is 0.810. The normalized spacial score (nSPS) is 9.62. The van der Waals surface area contributed by atoms with Crippen LogP contribution in [0.4, 0.5) is 5.69 Å². The average Bonchev–Trinajstić information content (AvgIpc) is 2.09. The maximum absolute atomic E-state index is 11.0. The van der Waals surface area contributed by atoms with Crippen LogP contribution in [0.2, 0.25) is 0 Å². The van der Waals surface area contributed by atoms with Crippen molar-refractivity contribution in [3.05, 3.63) is 24.3 Å². The molecule has 2 N–H and O–H groups in total. The molecule has 0 atom stereocenters. The third-order valence-corrected chi connectivity index (χ3v) is 1.65. The van der Waals surface area contributed by atoms with Gasteiger partial charge in [0.2, 0.25) is 0 Å². The molecule has 1 aromatic carbocycles. The van der Waals surface area contributed by atoms with Crippen LogP contribution in [0.3, 0.4) is 0 Å². The van der Waals surface area contributed by atoms with Crippen LogP contribution in [0.25, 0.3) is 0 Å². The van der Waals surface area contributed by atoms with E-state index in [1.165, 1.54) is 0 Å². The molecule has 0 radical (unpaired) electrons. The lowest BCUT2D eigenvalue weighted by Crippen LogP contribution is -2.07. The summed E-state index contributed by atoms with van der Waals surface area (Å²) in [4.78, 5) is 11.0. The molecular weight excluding hydrogens is 186 g/mol. The Labute approximate surface area is 82.3 Å². The summed E-state index contributed by atoms with van der Waals surface area (Å²) in [6, 6.07) is 6.68. The Balaban J connectivity index is 2.54. The third kappa shape index (κ3) is 3.38. The maximum Gasteiger partial charge on any atom is 0.312 e. The molecule has 0 amide bonds. The van der Waals surface area contributed by atoms with E-state index in [1.54, 1.807) is 24.3 Å². The fraction of sp³-hybridized carbons (Fsp3) is 0.222. The van der Waals surface area contributed by atoms with Gasteiger partial charge in [-0.15, -0.1) is 0 Å². The SMILES string of the molecule is Nc1ccc(OC(=O)CCS)cc1. The number of anilines is 1. The first-order chi connectivity index (χ1) is 6.22. The summed E-state index contributed by atoms with van der Waals surface area (Å²) in [6.45, 7) is 0. The predicted octanol–water partition coefficient (Wildman–Crippen LogP) is 1.49. The minimum absolute atomic E-state index is 0.278. The van der Waals surface area contributed by atoms with Crippen molar-refractivity contribution in [3.63, 3.8) is 0 Å². The van der Waals surface area contributed by atoms with Gasteiger partial charge in [-0.3, -0.25) is 4.79 Å². The molecule has 0 spiro atoms. The highest BCUT2D eigenvalue weighted by molar-refractivity contribution is 7.80. The highest BCUT2D eigenvalue weighted by Gasteiger charge is 2.02. The number of rotatable bonds is 3. The summed E-state index contributed by atoms with van der Waals surface area (Å²) in [7, 11) is 0. The molecule has 0 fully saturated rings. The van der Waals surface area contributed by atoms with Gasteiger partial charge in [-0.2, -0.15) is 12.6 Å². The Morgan fingerprint density at radius 3 is 2.54 bits per heavy atom. The third-order valence-electron chi connectivity index (χ3n) is 1.43. The molecule has 0 saturated carbocycles. The number of carbonyl (C=O) groups excluding carboxylic acids is 1. The predicted molar refractivity (Wildman–Crippen MR) is 55.0 cm³/mol. The Kier molecular flexibility index (Phi) is 3.64. The molecule has 0 aliphatic rings. The van der Waals surface area contributed by atoms with E-state index in [4.69, 9.17) is 10.5 Å². The van der Waals surface area contributed by atoms with Crippen LogP contribution in [0.15, 0.2) is 24.3 Å². The number of hydrogen-bond donors (Lipinski definition) is 2. The molecule has 0 aromatic heterocycles. The van der Waals surface area contributed by atoms with Crippen LogP contribution in [-0.4, -0.2) is 11.7 Å². The second-order valence-corrected chi connectivity index (χ2v) is 2.96. The summed E-state index contributed by atoms with van der Waals surface area (Å²) in [6.07, 6.45) is 0.313. The number of carbonyl (C=O) groups is 1. The minimum Gasteiger partial charge on any atom is -0.427 e. The van der Waals surface area contributed by atoms with Crippen molar-refractivity contribution in [1.29, 1.82) is 0 Å². The van der Waals surface area contributed by atoms with Crippen LogP contribution in [0.5, 0.6) is 5.75 Å². The average molecular weight is 197 g/mol. The minimum atomic E-state index is -0.278. The molecule has 0 heterocycles. The van der Waals surface area contributed by atoms with Gasteiger partial charge < -0.3 is 10.5 Å². The lowest BCUT2D eigenvalue weighted by atomic mass is 10.3. The first kappa shape index (κ1) is 9.92. The van der Waals surface area contributed by atoms with Gasteiger partial charge in [-0.05, 0) is 24.3 Å². The standard InChI is InChI=1S/C9H11NO2S/c10-7-1-3-8(4-2-7)12-9(11)5-6-13/h1-4,13H,5-6,10H2. The first-order valence-electron chi connectivity index (χ1n) is 3.89. The first-order valence-corrected chi connectivity index (χ1v) is 4.52. The Morgan fingerprint density at radius 1 is 1.38 bits per heavy atom. The zero-order valence-corrected chi connectivity index (χ0v) is 7.96. The van der Waals surface area contributed by atoms with Gasteiger partial charge in [0.1, 0.15) is 5.75 Å². The number of ether oxygens (including phenoxy) is 1. The van der Waals surface area contributed by atoms with E-state index in [0.29, 0.717) is 23.6 Å². The molecule has 4 heteroatoms. The van der Waals surface area contributed by atoms with E-state index in [-0.39, 0.29) is 5.97 Å². The molecular formula is C9H11NO2S. The van der Waals surface area contributed by atoms with E-state index in [1.807, 2.05) is 0 Å². The zero-order valence-electron chi connectivity index (χ0n) is 7.06. The number of benzene rings is 1. The van der Waals surface area contributed by atoms with Crippen molar-refractivity contribution in [3.8, 4) is 5.75 Å². The van der Waals surface area contributed by atoms with E-state index in [9.17, 15) is 4.79 Å². The highest BCUT2D eigenvalue weighted by atomic mass is 32.1. The molecule has 0 unspecified atom stereocenters. The lowest BCUT2D eigenvalue weighted by molar-refractivity contribution is -0.133. The van der Waals surface area contributed by atoms with Crippen molar-refractivity contribution in [2.45, 2.75) is 6.42 Å². The van der Waals surface area contributed by atoms with Crippen molar-refractivity contribution >= 4 is 24.3 Å². The zero-order chi connectivity index (χ0) is 9.68. The van der Waals surface area contributed by atoms with Crippen LogP contribution < -0.4 is 10.5 Å². The number of esters is 1. The van der Waals surface area contributed by atoms with E-state index >= 15 is 0 Å². The lowest BCUT2D eigenvalue weighted by Gasteiger charge is -2.02. The fourth-order valence-corrected chi connectivity index (χ4v) is 0.992.